The molecule has 0 heterocycles. The largest absolute Gasteiger partial charge is 0.399 e. The van der Waals surface area contributed by atoms with Gasteiger partial charge in [0.05, 0.1) is 0 Å². The number of aliphatic imine (C=N–C) groups is 1. The molecule has 0 saturated heterocycles. The van der Waals surface area contributed by atoms with Crippen molar-refractivity contribution in [3.63, 3.8) is 0 Å². The van der Waals surface area contributed by atoms with Crippen LogP contribution < -0.4 is 0 Å². The number of rotatable bonds is 3. The minimum atomic E-state index is -4.47. The zero-order valence-electron chi connectivity index (χ0n) is 4.14. The highest BCUT2D eigenvalue weighted by molar-refractivity contribution is 7.80. The third kappa shape index (κ3) is 7.25. The second-order valence-electron chi connectivity index (χ2n) is 0.924. The molecule has 7 heteroatoms. The van der Waals surface area contributed by atoms with Crippen LogP contribution >= 0.6 is 0 Å². The first-order valence-corrected chi connectivity index (χ1v) is 3.08. The second-order valence-corrected chi connectivity index (χ2v) is 2.02. The zero-order chi connectivity index (χ0) is 7.33. The fraction of sp³-hybridized carbons (Fsp3) is 0.500. The van der Waals surface area contributed by atoms with Gasteiger partial charge in [-0.3, -0.25) is 4.55 Å². The van der Waals surface area contributed by atoms with Crippen molar-refractivity contribution in [2.75, 3.05) is 6.73 Å². The first-order chi connectivity index (χ1) is 4.06. The van der Waals surface area contributed by atoms with Gasteiger partial charge >= 0.3 is 10.4 Å². The van der Waals surface area contributed by atoms with Gasteiger partial charge in [0, 0.05) is 0 Å². The molecule has 52 valence electrons. The highest BCUT2D eigenvalue weighted by Crippen LogP contribution is 1.83. The van der Waals surface area contributed by atoms with Gasteiger partial charge in [0.15, 0.2) is 6.73 Å². The Morgan fingerprint density at radius 1 is 1.67 bits per heavy atom. The Morgan fingerprint density at radius 3 is 2.56 bits per heavy atom. The van der Waals surface area contributed by atoms with Crippen LogP contribution in [0, 0.1) is 0 Å². The molecule has 0 aliphatic rings. The summed E-state index contributed by atoms with van der Waals surface area (Å²) in [5.41, 5.74) is 0. The molecule has 6 nitrogen and oxygen atoms in total. The van der Waals surface area contributed by atoms with Crippen molar-refractivity contribution in [3.8, 4) is 0 Å². The zero-order valence-corrected chi connectivity index (χ0v) is 4.96. The lowest BCUT2D eigenvalue weighted by molar-refractivity contribution is 0.277. The Bertz CT molecular complexity index is 211. The Labute approximate surface area is 51.1 Å². The van der Waals surface area contributed by atoms with Crippen molar-refractivity contribution < 1.29 is 21.9 Å². The molecule has 0 saturated carbocycles. The molecule has 0 rings (SSSR count). The van der Waals surface area contributed by atoms with Crippen LogP contribution in [-0.2, 0) is 19.4 Å². The standard InChI is InChI=1S/C2H3NO5S/c4-1-3-2-8-9(5,6)7/h2H2,(H,5,6,7). The fourth-order valence-electron chi connectivity index (χ4n) is 0.119. The van der Waals surface area contributed by atoms with Crippen LogP contribution in [0.1, 0.15) is 0 Å². The molecular formula is C2H3NO5S. The van der Waals surface area contributed by atoms with E-state index in [0.29, 0.717) is 0 Å². The highest BCUT2D eigenvalue weighted by atomic mass is 32.3. The lowest BCUT2D eigenvalue weighted by Crippen LogP contribution is -2.02. The maximum atomic E-state index is 9.65. The summed E-state index contributed by atoms with van der Waals surface area (Å²) in [4.78, 5) is 11.9. The van der Waals surface area contributed by atoms with Crippen molar-refractivity contribution in [2.24, 2.45) is 4.99 Å². The molecule has 0 aromatic rings. The predicted molar refractivity (Wildman–Crippen MR) is 25.6 cm³/mol. The summed E-state index contributed by atoms with van der Waals surface area (Å²) in [6, 6.07) is 0. The third-order valence-corrected chi connectivity index (χ3v) is 0.734. The molecule has 0 radical (unpaired) electrons. The van der Waals surface area contributed by atoms with Crippen LogP contribution in [0.2, 0.25) is 0 Å². The monoisotopic (exact) mass is 153 g/mol. The van der Waals surface area contributed by atoms with Crippen LogP contribution in [0.15, 0.2) is 4.99 Å². The molecule has 0 aliphatic carbocycles. The molecule has 0 aromatic carbocycles. The van der Waals surface area contributed by atoms with Crippen molar-refractivity contribution >= 4 is 16.5 Å². The van der Waals surface area contributed by atoms with Crippen LogP contribution in [0.4, 0.5) is 0 Å². The summed E-state index contributed by atoms with van der Waals surface area (Å²) in [6.07, 6.45) is 1.01. The molecule has 1 N–H and O–H groups in total. The van der Waals surface area contributed by atoms with E-state index in [4.69, 9.17) is 4.55 Å². The molecule has 0 aromatic heterocycles. The summed E-state index contributed by atoms with van der Waals surface area (Å²) in [6.45, 7) is -0.734. The smallest absolute Gasteiger partial charge is 0.263 e. The summed E-state index contributed by atoms with van der Waals surface area (Å²) < 4.78 is 30.7. The Kier molecular flexibility index (Phi) is 3.03. The normalized spacial score (nSPS) is 10.3. The lowest BCUT2D eigenvalue weighted by atomic mass is 11.3. The first kappa shape index (κ1) is 8.25. The number of hydrogen-bond acceptors (Lipinski definition) is 5. The SMILES string of the molecule is O=C=NCOS(=O)(=O)O. The van der Waals surface area contributed by atoms with E-state index < -0.39 is 17.1 Å². The van der Waals surface area contributed by atoms with E-state index >= 15 is 0 Å². The second kappa shape index (κ2) is 3.31. The summed E-state index contributed by atoms with van der Waals surface area (Å²) in [5, 5.41) is 0. The fourth-order valence-corrected chi connectivity index (χ4v) is 0.305. The topological polar surface area (TPSA) is 93.0 Å². The van der Waals surface area contributed by atoms with Gasteiger partial charge in [-0.1, -0.05) is 0 Å². The van der Waals surface area contributed by atoms with Gasteiger partial charge in [-0.05, 0) is 0 Å². The molecule has 0 amide bonds. The average molecular weight is 153 g/mol. The molecule has 0 spiro atoms. The molecule has 0 fully saturated rings. The van der Waals surface area contributed by atoms with E-state index in [1.807, 2.05) is 0 Å². The van der Waals surface area contributed by atoms with Gasteiger partial charge in [0.2, 0.25) is 6.08 Å². The van der Waals surface area contributed by atoms with Crippen LogP contribution in [0.25, 0.3) is 0 Å². The summed E-state index contributed by atoms with van der Waals surface area (Å²) in [7, 11) is -4.47. The Morgan fingerprint density at radius 2 is 2.22 bits per heavy atom. The number of hydrogen-bond donors (Lipinski definition) is 1. The van der Waals surface area contributed by atoms with E-state index in [1.54, 1.807) is 0 Å². The van der Waals surface area contributed by atoms with Crippen molar-refractivity contribution in [1.29, 1.82) is 0 Å². The molecule has 9 heavy (non-hydrogen) atoms. The quantitative estimate of drug-likeness (QED) is 0.322. The molecule has 0 aliphatic heterocycles. The van der Waals surface area contributed by atoms with Gasteiger partial charge in [-0.25, -0.2) is 8.98 Å². The molecular weight excluding hydrogens is 150 g/mol. The molecule has 0 bridgehead atoms. The van der Waals surface area contributed by atoms with Crippen molar-refractivity contribution in [1.82, 2.24) is 0 Å². The van der Waals surface area contributed by atoms with Gasteiger partial charge in [0.25, 0.3) is 0 Å². The summed E-state index contributed by atoms with van der Waals surface area (Å²) in [5.74, 6) is 0. The van der Waals surface area contributed by atoms with Gasteiger partial charge < -0.3 is 0 Å². The van der Waals surface area contributed by atoms with E-state index in [2.05, 4.69) is 9.18 Å². The number of isocyanates is 1. The lowest BCUT2D eigenvalue weighted by Gasteiger charge is -1.88. The molecule has 0 atom stereocenters. The van der Waals surface area contributed by atoms with Gasteiger partial charge in [0.1, 0.15) is 0 Å². The minimum Gasteiger partial charge on any atom is -0.263 e. The van der Waals surface area contributed by atoms with E-state index in [1.165, 1.54) is 0 Å². The summed E-state index contributed by atoms with van der Waals surface area (Å²) >= 11 is 0. The van der Waals surface area contributed by atoms with Crippen molar-refractivity contribution in [2.45, 2.75) is 0 Å². The van der Waals surface area contributed by atoms with Crippen LogP contribution in [0.5, 0.6) is 0 Å². The van der Waals surface area contributed by atoms with Crippen LogP contribution in [0.3, 0.4) is 0 Å². The maximum absolute atomic E-state index is 9.65. The highest BCUT2D eigenvalue weighted by Gasteiger charge is 2.00. The van der Waals surface area contributed by atoms with Gasteiger partial charge in [-0.15, -0.1) is 0 Å². The predicted octanol–water partition coefficient (Wildman–Crippen LogP) is -0.901. The first-order valence-electron chi connectivity index (χ1n) is 1.72. The minimum absolute atomic E-state index is 0.734. The van der Waals surface area contributed by atoms with Gasteiger partial charge in [-0.2, -0.15) is 13.4 Å². The Balaban J connectivity index is 3.66. The number of nitrogens with zero attached hydrogens (tertiary/aromatic N) is 1. The van der Waals surface area contributed by atoms with E-state index in [9.17, 15) is 13.2 Å². The van der Waals surface area contributed by atoms with Crippen molar-refractivity contribution in [3.05, 3.63) is 0 Å². The van der Waals surface area contributed by atoms with E-state index in [0.717, 1.165) is 6.08 Å². The van der Waals surface area contributed by atoms with E-state index in [-0.39, 0.29) is 0 Å². The van der Waals surface area contributed by atoms with Crippen LogP contribution in [-0.4, -0.2) is 25.8 Å². The maximum Gasteiger partial charge on any atom is 0.399 e. The molecule has 0 unspecified atom stereocenters. The third-order valence-electron chi connectivity index (χ3n) is 0.331. The number of carbonyl (C=O) groups excluding carboxylic acids is 1. The average Bonchev–Trinajstić information content (AvgIpc) is 1.63. The Hall–Kier alpha value is -0.750.